The van der Waals surface area contributed by atoms with Crippen molar-refractivity contribution in [2.24, 2.45) is 5.92 Å². The maximum Gasteiger partial charge on any atom is 0.306 e. The van der Waals surface area contributed by atoms with Crippen molar-refractivity contribution >= 4 is 11.9 Å². The maximum absolute atomic E-state index is 12.1. The predicted octanol–water partition coefficient (Wildman–Crippen LogP) is 9.89. The highest BCUT2D eigenvalue weighted by Crippen LogP contribution is 2.14. The molecule has 0 heterocycles. The molecule has 0 unspecified atom stereocenters. The van der Waals surface area contributed by atoms with Crippen LogP contribution in [0.1, 0.15) is 156 Å². The van der Waals surface area contributed by atoms with E-state index in [2.05, 4.69) is 45.1 Å². The third-order valence-electron chi connectivity index (χ3n) is 7.66. The summed E-state index contributed by atoms with van der Waals surface area (Å²) in [5, 5.41) is 19.6. The summed E-state index contributed by atoms with van der Waals surface area (Å²) in [4.78, 5) is 24.2. The maximum atomic E-state index is 12.1. The monoisotopic (exact) mass is 633 g/mol. The van der Waals surface area contributed by atoms with Crippen molar-refractivity contribution < 1.29 is 29.3 Å². The minimum Gasteiger partial charge on any atom is -0.462 e. The van der Waals surface area contributed by atoms with Crippen molar-refractivity contribution in [3.63, 3.8) is 0 Å². The van der Waals surface area contributed by atoms with Gasteiger partial charge < -0.3 is 19.7 Å². The Labute approximate surface area is 276 Å². The molecule has 260 valence electrons. The zero-order chi connectivity index (χ0) is 33.2. The van der Waals surface area contributed by atoms with E-state index in [1.807, 2.05) is 18.2 Å². The third kappa shape index (κ3) is 33.0. The van der Waals surface area contributed by atoms with Gasteiger partial charge in [0.05, 0.1) is 12.7 Å². The zero-order valence-corrected chi connectivity index (χ0v) is 29.1. The van der Waals surface area contributed by atoms with E-state index in [4.69, 9.17) is 9.47 Å². The van der Waals surface area contributed by atoms with Crippen LogP contribution in [-0.2, 0) is 19.1 Å². The van der Waals surface area contributed by atoms with Gasteiger partial charge in [0.25, 0.3) is 0 Å². The number of esters is 2. The first-order valence-electron chi connectivity index (χ1n) is 18.2. The highest BCUT2D eigenvalue weighted by atomic mass is 16.6. The average Bonchev–Trinajstić information content (AvgIpc) is 3.01. The first-order chi connectivity index (χ1) is 21.9. The van der Waals surface area contributed by atoms with Crippen molar-refractivity contribution in [1.29, 1.82) is 0 Å². The van der Waals surface area contributed by atoms with E-state index in [0.29, 0.717) is 19.3 Å². The van der Waals surface area contributed by atoms with Crippen LogP contribution in [0.3, 0.4) is 0 Å². The molecule has 0 aromatic rings. The van der Waals surface area contributed by atoms with Crippen molar-refractivity contribution in [2.45, 2.75) is 168 Å². The molecule has 0 radical (unpaired) electrons. The number of hydrogen-bond donors (Lipinski definition) is 2. The molecular formula is C39H68O6. The van der Waals surface area contributed by atoms with E-state index in [9.17, 15) is 19.8 Å². The van der Waals surface area contributed by atoms with Crippen LogP contribution in [0.5, 0.6) is 0 Å². The first-order valence-corrected chi connectivity index (χ1v) is 18.2. The number of unbranched alkanes of at least 4 members (excludes halogenated alkanes) is 12. The Kier molecular flexibility index (Phi) is 31.6. The fraction of sp³-hybridized carbons (Fsp3) is 0.744. The number of carbonyl (C=O) groups is 2. The topological polar surface area (TPSA) is 93.1 Å². The van der Waals surface area contributed by atoms with E-state index >= 15 is 0 Å². The van der Waals surface area contributed by atoms with Crippen LogP contribution in [0.15, 0.2) is 48.6 Å². The van der Waals surface area contributed by atoms with Gasteiger partial charge >= 0.3 is 11.9 Å². The van der Waals surface area contributed by atoms with Gasteiger partial charge in [-0.2, -0.15) is 0 Å². The SMILES string of the molecule is CCCCC/C=C\C/C=C\C/C=C\C=C\[C@@H](O)CCCC(=O)OC[C@H](CO)OC(=O)CCCCCCCCCCCCC(C)C. The van der Waals surface area contributed by atoms with E-state index in [1.54, 1.807) is 6.08 Å². The molecule has 0 aliphatic rings. The Morgan fingerprint density at radius 3 is 1.91 bits per heavy atom. The molecule has 0 aliphatic heterocycles. The summed E-state index contributed by atoms with van der Waals surface area (Å²) < 4.78 is 10.5. The molecule has 2 N–H and O–H groups in total. The molecule has 45 heavy (non-hydrogen) atoms. The van der Waals surface area contributed by atoms with Crippen molar-refractivity contribution in [1.82, 2.24) is 0 Å². The van der Waals surface area contributed by atoms with Crippen LogP contribution in [0.2, 0.25) is 0 Å². The largest absolute Gasteiger partial charge is 0.462 e. The lowest BCUT2D eigenvalue weighted by molar-refractivity contribution is -0.161. The van der Waals surface area contributed by atoms with Crippen LogP contribution in [0, 0.1) is 5.92 Å². The summed E-state index contributed by atoms with van der Waals surface area (Å²) in [6.45, 7) is 6.24. The number of allylic oxidation sites excluding steroid dienone is 7. The van der Waals surface area contributed by atoms with E-state index in [0.717, 1.165) is 44.4 Å². The number of carbonyl (C=O) groups excluding carboxylic acids is 2. The number of aliphatic hydroxyl groups is 2. The summed E-state index contributed by atoms with van der Waals surface area (Å²) >= 11 is 0. The van der Waals surface area contributed by atoms with Gasteiger partial charge in [-0.1, -0.05) is 146 Å². The average molecular weight is 633 g/mol. The molecule has 0 saturated carbocycles. The molecule has 6 nitrogen and oxygen atoms in total. The van der Waals surface area contributed by atoms with Gasteiger partial charge in [-0.25, -0.2) is 0 Å². The molecule has 0 rings (SSSR count). The Morgan fingerprint density at radius 1 is 0.667 bits per heavy atom. The van der Waals surface area contributed by atoms with Gasteiger partial charge in [-0.3, -0.25) is 9.59 Å². The molecule has 0 bridgehead atoms. The molecule has 0 aromatic heterocycles. The van der Waals surface area contributed by atoms with Crippen molar-refractivity contribution in [3.05, 3.63) is 48.6 Å². The molecule has 0 aliphatic carbocycles. The standard InChI is InChI=1S/C39H68O6/c1-4-5-6-7-8-9-10-11-12-16-19-22-25-29-36(41)30-27-32-38(42)44-34-37(33-40)45-39(43)31-26-23-20-17-14-13-15-18-21-24-28-35(2)3/h8-9,11-12,19,22,25,29,35-37,40-41H,4-7,10,13-18,20-21,23-24,26-28,30-34H2,1-3H3/b9-8-,12-11-,22-19-,29-25+/t36-,37+/m1/s1. The molecule has 0 fully saturated rings. The van der Waals surface area contributed by atoms with E-state index < -0.39 is 18.2 Å². The van der Waals surface area contributed by atoms with Gasteiger partial charge in [0.1, 0.15) is 6.61 Å². The second-order valence-corrected chi connectivity index (χ2v) is 12.6. The van der Waals surface area contributed by atoms with E-state index in [-0.39, 0.29) is 25.6 Å². The number of hydrogen-bond acceptors (Lipinski definition) is 6. The van der Waals surface area contributed by atoms with Gasteiger partial charge in [0.15, 0.2) is 6.10 Å². The minimum atomic E-state index is -0.843. The van der Waals surface area contributed by atoms with Crippen LogP contribution in [-0.4, -0.2) is 47.6 Å². The highest BCUT2D eigenvalue weighted by Gasteiger charge is 2.16. The lowest BCUT2D eigenvalue weighted by Crippen LogP contribution is -2.28. The number of aliphatic hydroxyl groups excluding tert-OH is 2. The zero-order valence-electron chi connectivity index (χ0n) is 29.1. The molecular weight excluding hydrogens is 564 g/mol. The van der Waals surface area contributed by atoms with Gasteiger partial charge in [-0.15, -0.1) is 0 Å². The molecule has 0 aromatic carbocycles. The van der Waals surface area contributed by atoms with Crippen molar-refractivity contribution in [3.8, 4) is 0 Å². The summed E-state index contributed by atoms with van der Waals surface area (Å²) in [5.74, 6) is 0.0176. The number of rotatable bonds is 31. The predicted molar refractivity (Wildman–Crippen MR) is 188 cm³/mol. The second-order valence-electron chi connectivity index (χ2n) is 12.6. The van der Waals surface area contributed by atoms with Gasteiger partial charge in [0.2, 0.25) is 0 Å². The summed E-state index contributed by atoms with van der Waals surface area (Å²) in [6, 6.07) is 0. The normalized spacial score (nSPS) is 13.6. The quantitative estimate of drug-likeness (QED) is 0.0342. The minimum absolute atomic E-state index is 0.156. The Morgan fingerprint density at radius 2 is 1.27 bits per heavy atom. The summed E-state index contributed by atoms with van der Waals surface area (Å²) in [7, 11) is 0. The van der Waals surface area contributed by atoms with E-state index in [1.165, 1.54) is 70.6 Å². The van der Waals surface area contributed by atoms with Crippen molar-refractivity contribution in [2.75, 3.05) is 13.2 Å². The smallest absolute Gasteiger partial charge is 0.306 e. The lowest BCUT2D eigenvalue weighted by atomic mass is 10.0. The van der Waals surface area contributed by atoms with Crippen LogP contribution in [0.4, 0.5) is 0 Å². The fourth-order valence-corrected chi connectivity index (χ4v) is 4.84. The fourth-order valence-electron chi connectivity index (χ4n) is 4.84. The second kappa shape index (κ2) is 33.2. The Hall–Kier alpha value is -2.18. The van der Waals surface area contributed by atoms with Gasteiger partial charge in [-0.05, 0) is 50.9 Å². The Bertz CT molecular complexity index is 797. The lowest BCUT2D eigenvalue weighted by Gasteiger charge is -2.16. The molecule has 0 amide bonds. The number of ether oxygens (including phenoxy) is 2. The molecule has 6 heteroatoms. The summed E-state index contributed by atoms with van der Waals surface area (Å²) in [6.07, 6.45) is 36.3. The van der Waals surface area contributed by atoms with Gasteiger partial charge in [0, 0.05) is 12.8 Å². The molecule has 0 spiro atoms. The first kappa shape index (κ1) is 42.8. The van der Waals surface area contributed by atoms with Crippen LogP contribution < -0.4 is 0 Å². The highest BCUT2D eigenvalue weighted by molar-refractivity contribution is 5.70. The molecule has 2 atom stereocenters. The molecule has 0 saturated heterocycles. The van der Waals surface area contributed by atoms with Crippen LogP contribution in [0.25, 0.3) is 0 Å². The van der Waals surface area contributed by atoms with Crippen LogP contribution >= 0.6 is 0 Å². The third-order valence-corrected chi connectivity index (χ3v) is 7.66. The Balaban J connectivity index is 3.80. The summed E-state index contributed by atoms with van der Waals surface area (Å²) in [5.41, 5.74) is 0.